The second-order valence-electron chi connectivity index (χ2n) is 16.4. The first-order valence-corrected chi connectivity index (χ1v) is 23.4. The number of benzene rings is 5. The van der Waals surface area contributed by atoms with Crippen molar-refractivity contribution in [1.82, 2.24) is 19.5 Å². The van der Waals surface area contributed by atoms with Gasteiger partial charge in [0.05, 0.1) is 30.5 Å². The Morgan fingerprint density at radius 2 is 1.48 bits per heavy atom. The molecule has 0 saturated carbocycles. The Bertz CT molecular complexity index is 2970. The van der Waals surface area contributed by atoms with E-state index in [0.29, 0.717) is 17.0 Å². The number of nitriles is 1. The van der Waals surface area contributed by atoms with Crippen molar-refractivity contribution in [3.63, 3.8) is 0 Å². The maximum absolute atomic E-state index is 12.8. The van der Waals surface area contributed by atoms with E-state index in [1.54, 1.807) is 12.1 Å². The molecule has 0 spiro atoms. The molecule has 6 nitrogen and oxygen atoms in total. The largest absolute Gasteiger partial charge is 0.486 e. The molecule has 0 amide bonds. The molecule has 1 radical (unpaired) electrons. The summed E-state index contributed by atoms with van der Waals surface area (Å²) in [7, 11) is -1.30. The van der Waals surface area contributed by atoms with Crippen molar-refractivity contribution in [1.29, 1.82) is 5.26 Å². The molecule has 0 unspecified atom stereocenters. The molecule has 9 aromatic rings. The number of para-hydroxylation sites is 2. The Kier molecular flexibility index (Phi) is 12.1. The van der Waals surface area contributed by atoms with Crippen LogP contribution >= 0.6 is 0 Å². The van der Waals surface area contributed by atoms with Crippen LogP contribution in [-0.2, 0) is 20.1 Å². The van der Waals surface area contributed by atoms with Gasteiger partial charge in [0.25, 0.3) is 0 Å². The van der Waals surface area contributed by atoms with Gasteiger partial charge in [0.1, 0.15) is 11.8 Å². The molecule has 0 saturated heterocycles. The van der Waals surface area contributed by atoms with E-state index in [1.165, 1.54) is 39.6 Å². The summed E-state index contributed by atoms with van der Waals surface area (Å²) in [6.07, 6.45) is 1.93. The quantitative estimate of drug-likeness (QED) is 0.117. The van der Waals surface area contributed by atoms with Gasteiger partial charge in [-0.05, 0) is 81.4 Å². The molecule has 4 aromatic heterocycles. The van der Waals surface area contributed by atoms with E-state index >= 15 is 0 Å². The summed E-state index contributed by atoms with van der Waals surface area (Å²) >= 11 is 0. The predicted octanol–water partition coefficient (Wildman–Crippen LogP) is 12.8. The van der Waals surface area contributed by atoms with Crippen molar-refractivity contribution < 1.29 is 28.9 Å². The summed E-state index contributed by atoms with van der Waals surface area (Å²) in [5, 5.41) is 12.5. The van der Waals surface area contributed by atoms with Gasteiger partial charge in [0.15, 0.2) is 0 Å². The van der Waals surface area contributed by atoms with Gasteiger partial charge in [-0.25, -0.2) is 4.98 Å². The van der Waals surface area contributed by atoms with Crippen molar-refractivity contribution in [2.75, 3.05) is 0 Å². The first kappa shape index (κ1) is 42.1. The summed E-state index contributed by atoms with van der Waals surface area (Å²) in [5.74, 6) is 1.01. The minimum Gasteiger partial charge on any atom is -0.486 e. The van der Waals surface area contributed by atoms with Gasteiger partial charge in [0, 0.05) is 43.2 Å². The summed E-state index contributed by atoms with van der Waals surface area (Å²) in [5.41, 5.74) is 11.8. The molecule has 0 N–H and O–H groups in total. The average molecular weight is 982 g/mol. The molecule has 0 fully saturated rings. The third-order valence-corrected chi connectivity index (χ3v) is 12.6. The molecule has 0 aliphatic heterocycles. The predicted molar refractivity (Wildman–Crippen MR) is 240 cm³/mol. The fourth-order valence-electron chi connectivity index (χ4n) is 7.45. The minimum absolute atomic E-state index is 0. The van der Waals surface area contributed by atoms with E-state index in [2.05, 4.69) is 147 Å². The third kappa shape index (κ3) is 8.24. The zero-order valence-corrected chi connectivity index (χ0v) is 38.0. The summed E-state index contributed by atoms with van der Waals surface area (Å²) in [6.45, 7) is 15.9. The number of pyridine rings is 2. The number of rotatable bonds is 7. The van der Waals surface area contributed by atoms with Crippen LogP contribution in [0.2, 0.25) is 19.6 Å². The van der Waals surface area contributed by atoms with Crippen molar-refractivity contribution in [3.05, 3.63) is 162 Å². The Labute approximate surface area is 365 Å². The van der Waals surface area contributed by atoms with E-state index in [4.69, 9.17) is 9.40 Å². The molecule has 0 aliphatic carbocycles. The van der Waals surface area contributed by atoms with Crippen LogP contribution in [0.3, 0.4) is 0 Å². The maximum Gasteiger partial charge on any atom is 0.217 e. The van der Waals surface area contributed by atoms with Gasteiger partial charge >= 0.3 is 0 Å². The molecule has 4 heterocycles. The molecule has 301 valence electrons. The van der Waals surface area contributed by atoms with E-state index < -0.39 is 8.07 Å². The monoisotopic (exact) mass is 982 g/mol. The zero-order chi connectivity index (χ0) is 41.4. The Hall–Kier alpha value is -6.04. The van der Waals surface area contributed by atoms with Gasteiger partial charge in [-0.15, -0.1) is 48.0 Å². The minimum atomic E-state index is -1.30. The first-order chi connectivity index (χ1) is 28.4. The normalized spacial score (nSPS) is 11.5. The third-order valence-electron chi connectivity index (χ3n) is 10.6. The fraction of sp³-hybridized carbons (Fsp3) is 0.176. The average Bonchev–Trinajstić information content (AvgIpc) is 3.82. The molecule has 60 heavy (non-hydrogen) atoms. The molecule has 0 bridgehead atoms. The number of hydrogen-bond donors (Lipinski definition) is 0. The zero-order valence-electron chi connectivity index (χ0n) is 34.6. The van der Waals surface area contributed by atoms with E-state index in [1.807, 2.05) is 36.5 Å². The van der Waals surface area contributed by atoms with Crippen LogP contribution in [0.5, 0.6) is 0 Å². The Balaban J connectivity index is 0.000000255. The molecular weight excluding hydrogens is 938 g/mol. The van der Waals surface area contributed by atoms with Crippen LogP contribution in [-0.4, -0.2) is 27.6 Å². The van der Waals surface area contributed by atoms with E-state index in [-0.39, 0.29) is 37.8 Å². The van der Waals surface area contributed by atoms with Crippen LogP contribution in [0.15, 0.2) is 132 Å². The van der Waals surface area contributed by atoms with E-state index in [0.717, 1.165) is 50.1 Å². The van der Waals surface area contributed by atoms with Crippen LogP contribution in [0.1, 0.15) is 56.4 Å². The van der Waals surface area contributed by atoms with Gasteiger partial charge in [0.2, 0.25) is 5.71 Å². The van der Waals surface area contributed by atoms with Crippen molar-refractivity contribution in [2.24, 2.45) is 0 Å². The van der Waals surface area contributed by atoms with Crippen molar-refractivity contribution in [2.45, 2.75) is 59.2 Å². The fourth-order valence-corrected chi connectivity index (χ4v) is 8.48. The smallest absolute Gasteiger partial charge is 0.217 e. The number of hydrogen-bond acceptors (Lipinski definition) is 5. The number of nitrogens with zero attached hydrogens (tertiary/aromatic N) is 5. The number of halogens is 1. The first-order valence-electron chi connectivity index (χ1n) is 19.9. The van der Waals surface area contributed by atoms with Crippen molar-refractivity contribution >= 4 is 46.4 Å². The molecule has 0 aliphatic rings. The summed E-state index contributed by atoms with van der Waals surface area (Å²) in [6, 6.07) is 48.0. The van der Waals surface area contributed by atoms with Crippen LogP contribution in [0.25, 0.3) is 72.6 Å². The number of aromatic nitrogens is 4. The van der Waals surface area contributed by atoms with Gasteiger partial charge < -0.3 is 14.0 Å². The standard InChI is InChI=1S/C37H29N4O.C14H15FNSi.Ir/c1-22(2)30-19-25(24-11-6-5-7-12-24)20-31(23(3)4)34(30)41-33-16-9-8-15-32(33)40-36(41)29-14-10-13-27-28-18-17-26(21-38)39-37(28)42-35(27)29;1-17(2,3)13-8-9-14(16-10-13)11-4-6-12(15)7-5-11;/h5-13,15-20,22-23H,1-4H3;4,6-10H,1-3H3;/q2*-1;. The number of furan rings is 1. The number of imidazole rings is 1. The SMILES string of the molecule is CC(C)c1cc(-c2ccccc2)cc(C(C)C)c1-n1c(-c2[c-]ccc3c2oc2nc(C#N)ccc23)nc2ccccc21.C[Si](C)(C)c1ccc(-c2[c-]cc(F)cc2)nc1.[Ir]. The van der Waals surface area contributed by atoms with E-state index in [9.17, 15) is 9.65 Å². The molecule has 0 atom stereocenters. The molecule has 9 heteroatoms. The van der Waals surface area contributed by atoms with Crippen molar-refractivity contribution in [3.8, 4) is 45.5 Å². The second kappa shape index (κ2) is 17.3. The summed E-state index contributed by atoms with van der Waals surface area (Å²) < 4.78 is 21.4. The van der Waals surface area contributed by atoms with Gasteiger partial charge in [-0.2, -0.15) is 5.26 Å². The van der Waals surface area contributed by atoms with Crippen LogP contribution in [0.4, 0.5) is 4.39 Å². The molecule has 9 rings (SSSR count). The maximum atomic E-state index is 12.8. The summed E-state index contributed by atoms with van der Waals surface area (Å²) in [4.78, 5) is 14.1. The molecule has 5 aromatic carbocycles. The molecular formula is C51H44FIrN5OSi-2. The topological polar surface area (TPSA) is 80.5 Å². The van der Waals surface area contributed by atoms with Crippen LogP contribution < -0.4 is 5.19 Å². The Morgan fingerprint density at radius 1 is 0.767 bits per heavy atom. The van der Waals surface area contributed by atoms with Crippen LogP contribution in [0, 0.1) is 29.3 Å². The Morgan fingerprint density at radius 3 is 2.12 bits per heavy atom. The van der Waals surface area contributed by atoms with Gasteiger partial charge in [-0.3, -0.25) is 9.37 Å². The number of fused-ring (bicyclic) bond motifs is 4. The van der Waals surface area contributed by atoms with Gasteiger partial charge in [-0.1, -0.05) is 113 Å². The second-order valence-corrected chi connectivity index (χ2v) is 21.5.